The molecule has 110 valence electrons. The highest BCUT2D eigenvalue weighted by Crippen LogP contribution is 2.33. The van der Waals surface area contributed by atoms with Crippen molar-refractivity contribution in [2.75, 3.05) is 0 Å². The van der Waals surface area contributed by atoms with Crippen molar-refractivity contribution in [3.05, 3.63) is 28.5 Å². The van der Waals surface area contributed by atoms with E-state index in [9.17, 15) is 13.2 Å². The fourth-order valence-corrected chi connectivity index (χ4v) is 3.07. The Labute approximate surface area is 120 Å². The molecule has 0 radical (unpaired) electrons. The smallest absolute Gasteiger partial charge is 0.331 e. The Morgan fingerprint density at radius 2 is 1.90 bits per heavy atom. The number of nitrogens with zero attached hydrogens (tertiary/aromatic N) is 1. The molecule has 20 heavy (non-hydrogen) atoms. The standard InChI is InChI=1S/C14H17F3N2S/c1-4-7-13(2,3)19-11-6-5-9(14(15,16)17)8-10(11)18-12(19)20/h5-6,8H,4,7H2,1-3H3,(H,18,20). The zero-order chi connectivity index (χ0) is 15.1. The highest BCUT2D eigenvalue weighted by molar-refractivity contribution is 7.71. The number of alkyl halides is 3. The van der Waals surface area contributed by atoms with Gasteiger partial charge in [0.25, 0.3) is 0 Å². The minimum Gasteiger partial charge on any atom is -0.331 e. The number of fused-ring (bicyclic) bond motifs is 1. The summed E-state index contributed by atoms with van der Waals surface area (Å²) >= 11 is 5.28. The largest absolute Gasteiger partial charge is 0.416 e. The van der Waals surface area contributed by atoms with Gasteiger partial charge in [0, 0.05) is 5.54 Å². The molecule has 1 heterocycles. The quantitative estimate of drug-likeness (QED) is 0.768. The lowest BCUT2D eigenvalue weighted by molar-refractivity contribution is -0.137. The predicted molar refractivity (Wildman–Crippen MR) is 76.4 cm³/mol. The van der Waals surface area contributed by atoms with E-state index in [2.05, 4.69) is 11.9 Å². The van der Waals surface area contributed by atoms with Crippen LogP contribution in [0.2, 0.25) is 0 Å². The Hall–Kier alpha value is -1.30. The molecule has 1 aromatic heterocycles. The average molecular weight is 302 g/mol. The number of rotatable bonds is 3. The number of nitrogens with one attached hydrogen (secondary N) is 1. The molecule has 0 unspecified atom stereocenters. The molecular formula is C14H17F3N2S. The molecule has 0 amide bonds. The third-order valence-electron chi connectivity index (χ3n) is 3.48. The molecule has 0 saturated heterocycles. The lowest BCUT2D eigenvalue weighted by Crippen LogP contribution is -2.26. The summed E-state index contributed by atoms with van der Waals surface area (Å²) in [4.78, 5) is 2.88. The van der Waals surface area contributed by atoms with Gasteiger partial charge in [-0.1, -0.05) is 13.3 Å². The monoisotopic (exact) mass is 302 g/mol. The molecule has 2 rings (SSSR count). The van der Waals surface area contributed by atoms with Gasteiger partial charge in [-0.15, -0.1) is 0 Å². The van der Waals surface area contributed by atoms with Crippen LogP contribution in [0.3, 0.4) is 0 Å². The zero-order valence-corrected chi connectivity index (χ0v) is 12.5. The van der Waals surface area contributed by atoms with Crippen LogP contribution in [-0.2, 0) is 11.7 Å². The molecule has 0 atom stereocenters. The Bertz CT molecular complexity index is 680. The molecule has 0 aliphatic heterocycles. The van der Waals surface area contributed by atoms with Crippen molar-refractivity contribution >= 4 is 23.3 Å². The summed E-state index contributed by atoms with van der Waals surface area (Å²) in [6.45, 7) is 6.15. The summed E-state index contributed by atoms with van der Waals surface area (Å²) in [5.74, 6) is 0. The van der Waals surface area contributed by atoms with Gasteiger partial charge in [0.1, 0.15) is 0 Å². The number of H-pyrrole nitrogens is 1. The van der Waals surface area contributed by atoms with Gasteiger partial charge in [0.15, 0.2) is 4.77 Å². The summed E-state index contributed by atoms with van der Waals surface area (Å²) in [5, 5.41) is 0. The van der Waals surface area contributed by atoms with Crippen LogP contribution in [-0.4, -0.2) is 9.55 Å². The molecule has 2 aromatic rings. The highest BCUT2D eigenvalue weighted by atomic mass is 32.1. The molecule has 2 nitrogen and oxygen atoms in total. The van der Waals surface area contributed by atoms with Gasteiger partial charge in [-0.2, -0.15) is 13.2 Å². The van der Waals surface area contributed by atoms with Gasteiger partial charge in [-0.25, -0.2) is 0 Å². The van der Waals surface area contributed by atoms with Gasteiger partial charge in [0.05, 0.1) is 16.6 Å². The van der Waals surface area contributed by atoms with E-state index in [-0.39, 0.29) is 5.54 Å². The van der Waals surface area contributed by atoms with Crippen molar-refractivity contribution in [2.24, 2.45) is 0 Å². The molecule has 0 fully saturated rings. The van der Waals surface area contributed by atoms with E-state index in [1.165, 1.54) is 6.07 Å². The molecule has 0 aliphatic carbocycles. The summed E-state index contributed by atoms with van der Waals surface area (Å²) in [5.41, 5.74) is 0.237. The molecular weight excluding hydrogens is 285 g/mol. The minimum absolute atomic E-state index is 0.232. The highest BCUT2D eigenvalue weighted by Gasteiger charge is 2.31. The number of imidazole rings is 1. The van der Waals surface area contributed by atoms with E-state index < -0.39 is 11.7 Å². The fourth-order valence-electron chi connectivity index (χ4n) is 2.61. The summed E-state index contributed by atoms with van der Waals surface area (Å²) in [7, 11) is 0. The Morgan fingerprint density at radius 1 is 1.25 bits per heavy atom. The van der Waals surface area contributed by atoms with E-state index in [0.29, 0.717) is 15.8 Å². The van der Waals surface area contributed by atoms with Crippen LogP contribution >= 0.6 is 12.2 Å². The first-order valence-corrected chi connectivity index (χ1v) is 6.90. The van der Waals surface area contributed by atoms with Crippen LogP contribution in [0, 0.1) is 4.77 Å². The van der Waals surface area contributed by atoms with Crippen LogP contribution in [0.1, 0.15) is 39.2 Å². The number of aromatic nitrogens is 2. The molecule has 1 N–H and O–H groups in total. The molecule has 1 aromatic carbocycles. The third kappa shape index (κ3) is 2.61. The van der Waals surface area contributed by atoms with Gasteiger partial charge in [-0.05, 0) is 50.7 Å². The van der Waals surface area contributed by atoms with Crippen LogP contribution in [0.4, 0.5) is 13.2 Å². The Balaban J connectivity index is 2.65. The maximum absolute atomic E-state index is 12.7. The first-order chi connectivity index (χ1) is 9.16. The van der Waals surface area contributed by atoms with Crippen LogP contribution < -0.4 is 0 Å². The molecule has 6 heteroatoms. The maximum atomic E-state index is 12.7. The second-order valence-corrected chi connectivity index (χ2v) is 5.94. The number of benzene rings is 1. The zero-order valence-electron chi connectivity index (χ0n) is 11.6. The lowest BCUT2D eigenvalue weighted by Gasteiger charge is -2.27. The van der Waals surface area contributed by atoms with E-state index in [4.69, 9.17) is 12.2 Å². The normalized spacial score (nSPS) is 13.1. The molecule has 0 aliphatic rings. The van der Waals surface area contributed by atoms with Crippen LogP contribution in [0.5, 0.6) is 0 Å². The summed E-state index contributed by atoms with van der Waals surface area (Å²) < 4.78 is 40.6. The van der Waals surface area contributed by atoms with E-state index >= 15 is 0 Å². The number of aromatic amines is 1. The van der Waals surface area contributed by atoms with Crippen molar-refractivity contribution < 1.29 is 13.2 Å². The average Bonchev–Trinajstić information content (AvgIpc) is 2.62. The molecule has 0 saturated carbocycles. The number of hydrogen-bond acceptors (Lipinski definition) is 1. The predicted octanol–water partition coefficient (Wildman–Crippen LogP) is 5.25. The molecule has 0 bridgehead atoms. The number of hydrogen-bond donors (Lipinski definition) is 1. The van der Waals surface area contributed by atoms with Crippen LogP contribution in [0.25, 0.3) is 11.0 Å². The van der Waals surface area contributed by atoms with Crippen molar-refractivity contribution in [1.29, 1.82) is 0 Å². The van der Waals surface area contributed by atoms with E-state index in [1.54, 1.807) is 0 Å². The van der Waals surface area contributed by atoms with Crippen molar-refractivity contribution in [3.8, 4) is 0 Å². The van der Waals surface area contributed by atoms with Gasteiger partial charge in [-0.3, -0.25) is 0 Å². The lowest BCUT2D eigenvalue weighted by atomic mass is 9.98. The number of halogens is 3. The summed E-state index contributed by atoms with van der Waals surface area (Å²) in [6.07, 6.45) is -2.47. The second kappa shape index (κ2) is 4.91. The van der Waals surface area contributed by atoms with Gasteiger partial charge < -0.3 is 9.55 Å². The topological polar surface area (TPSA) is 20.7 Å². The van der Waals surface area contributed by atoms with Crippen molar-refractivity contribution in [2.45, 2.75) is 45.3 Å². The maximum Gasteiger partial charge on any atom is 0.416 e. The Kier molecular flexibility index (Phi) is 3.71. The van der Waals surface area contributed by atoms with Crippen molar-refractivity contribution in [3.63, 3.8) is 0 Å². The van der Waals surface area contributed by atoms with E-state index in [0.717, 1.165) is 25.0 Å². The fraction of sp³-hybridized carbons (Fsp3) is 0.500. The third-order valence-corrected chi connectivity index (χ3v) is 3.76. The van der Waals surface area contributed by atoms with E-state index in [1.807, 2.05) is 18.4 Å². The second-order valence-electron chi connectivity index (χ2n) is 5.56. The Morgan fingerprint density at radius 3 is 2.45 bits per heavy atom. The van der Waals surface area contributed by atoms with Gasteiger partial charge in [0.2, 0.25) is 0 Å². The SMILES string of the molecule is CCCC(C)(C)n1c(=S)[nH]c2cc(C(F)(F)F)ccc21. The van der Waals surface area contributed by atoms with Crippen molar-refractivity contribution in [1.82, 2.24) is 9.55 Å². The minimum atomic E-state index is -4.34. The first-order valence-electron chi connectivity index (χ1n) is 6.49. The first kappa shape index (κ1) is 15.1. The molecule has 0 spiro atoms. The summed E-state index contributed by atoms with van der Waals surface area (Å²) in [6, 6.07) is 3.70. The van der Waals surface area contributed by atoms with Crippen LogP contribution in [0.15, 0.2) is 18.2 Å². The van der Waals surface area contributed by atoms with Gasteiger partial charge >= 0.3 is 6.18 Å².